The van der Waals surface area contributed by atoms with Crippen molar-refractivity contribution < 1.29 is 0 Å². The molecule has 0 radical (unpaired) electrons. The Morgan fingerprint density at radius 3 is 2.59 bits per heavy atom. The van der Waals surface area contributed by atoms with E-state index in [0.29, 0.717) is 5.82 Å². The number of nitrogens with zero attached hydrogens (tertiary/aromatic N) is 4. The Balaban J connectivity index is 2.54. The number of aromatic nitrogens is 4. The van der Waals surface area contributed by atoms with Gasteiger partial charge in [-0.25, -0.2) is 20.5 Å². The highest BCUT2D eigenvalue weighted by atomic mass is 15.3. The summed E-state index contributed by atoms with van der Waals surface area (Å²) in [5.74, 6) is 7.46. The molecule has 0 aromatic carbocycles. The molecule has 0 fully saturated rings. The number of rotatable bonds is 3. The number of anilines is 1. The van der Waals surface area contributed by atoms with Gasteiger partial charge in [-0.05, 0) is 19.9 Å². The van der Waals surface area contributed by atoms with Gasteiger partial charge >= 0.3 is 0 Å². The molecule has 2 heterocycles. The van der Waals surface area contributed by atoms with Crippen molar-refractivity contribution in [3.63, 3.8) is 0 Å². The van der Waals surface area contributed by atoms with Gasteiger partial charge in [-0.2, -0.15) is 5.10 Å². The van der Waals surface area contributed by atoms with Crippen LogP contribution in [-0.4, -0.2) is 19.7 Å². The maximum Gasteiger partial charge on any atom is 0.159 e. The summed E-state index contributed by atoms with van der Waals surface area (Å²) in [5.41, 5.74) is 4.54. The lowest BCUT2D eigenvalue weighted by Gasteiger charge is -2.07. The zero-order valence-electron chi connectivity index (χ0n) is 10.2. The van der Waals surface area contributed by atoms with Crippen LogP contribution in [0.25, 0.3) is 5.82 Å². The molecule has 0 atom stereocenters. The van der Waals surface area contributed by atoms with E-state index < -0.39 is 0 Å². The van der Waals surface area contributed by atoms with Crippen molar-refractivity contribution in [2.75, 3.05) is 5.43 Å². The van der Waals surface area contributed by atoms with Gasteiger partial charge in [-0.1, -0.05) is 6.92 Å². The monoisotopic (exact) mass is 232 g/mol. The van der Waals surface area contributed by atoms with E-state index in [2.05, 4.69) is 20.5 Å². The summed E-state index contributed by atoms with van der Waals surface area (Å²) >= 11 is 0. The van der Waals surface area contributed by atoms with Gasteiger partial charge in [-0.15, -0.1) is 0 Å². The molecule has 0 unspecified atom stereocenters. The lowest BCUT2D eigenvalue weighted by atomic mass is 10.4. The molecule has 2 aromatic heterocycles. The Morgan fingerprint density at radius 1 is 1.29 bits per heavy atom. The summed E-state index contributed by atoms with van der Waals surface area (Å²) in [4.78, 5) is 8.68. The van der Waals surface area contributed by atoms with E-state index in [1.165, 1.54) is 0 Å². The normalized spacial score (nSPS) is 10.6. The fourth-order valence-electron chi connectivity index (χ4n) is 1.68. The molecule has 6 heteroatoms. The first-order chi connectivity index (χ1) is 8.13. The van der Waals surface area contributed by atoms with Crippen LogP contribution in [0.5, 0.6) is 0 Å². The molecule has 0 saturated carbocycles. The highest BCUT2D eigenvalue weighted by molar-refractivity contribution is 5.41. The Hall–Kier alpha value is -1.95. The van der Waals surface area contributed by atoms with Gasteiger partial charge < -0.3 is 5.43 Å². The SMILES string of the molecule is CCc1nc(NN)cc(-n2nc(C)cc2C)n1. The number of aryl methyl sites for hydroxylation is 3. The van der Waals surface area contributed by atoms with Crippen LogP contribution in [0.2, 0.25) is 0 Å². The summed E-state index contributed by atoms with van der Waals surface area (Å²) in [6, 6.07) is 3.78. The molecule has 0 aliphatic heterocycles. The van der Waals surface area contributed by atoms with Crippen molar-refractivity contribution >= 4 is 5.82 Å². The zero-order valence-corrected chi connectivity index (χ0v) is 10.2. The fraction of sp³-hybridized carbons (Fsp3) is 0.364. The number of nitrogen functional groups attached to an aromatic ring is 1. The first kappa shape index (κ1) is 11.5. The van der Waals surface area contributed by atoms with E-state index in [9.17, 15) is 0 Å². The summed E-state index contributed by atoms with van der Waals surface area (Å²) in [6.45, 7) is 5.94. The molecule has 2 rings (SSSR count). The summed E-state index contributed by atoms with van der Waals surface area (Å²) in [5, 5.41) is 4.39. The second-order valence-electron chi connectivity index (χ2n) is 3.86. The van der Waals surface area contributed by atoms with Crippen molar-refractivity contribution in [1.29, 1.82) is 0 Å². The van der Waals surface area contributed by atoms with E-state index in [4.69, 9.17) is 5.84 Å². The first-order valence-corrected chi connectivity index (χ1v) is 5.52. The molecule has 2 aromatic rings. The van der Waals surface area contributed by atoms with Crippen LogP contribution >= 0.6 is 0 Å². The number of hydrazine groups is 1. The second-order valence-corrected chi connectivity index (χ2v) is 3.86. The van der Waals surface area contributed by atoms with Crippen molar-refractivity contribution in [3.8, 4) is 5.82 Å². The molecule has 0 spiro atoms. The molecule has 0 aliphatic carbocycles. The third kappa shape index (κ3) is 2.26. The zero-order chi connectivity index (χ0) is 12.4. The maximum absolute atomic E-state index is 5.39. The average Bonchev–Trinajstić information content (AvgIpc) is 2.67. The number of nitrogens with one attached hydrogen (secondary N) is 1. The summed E-state index contributed by atoms with van der Waals surface area (Å²) < 4.78 is 1.79. The smallest absolute Gasteiger partial charge is 0.159 e. The van der Waals surface area contributed by atoms with Crippen molar-refractivity contribution in [3.05, 3.63) is 29.3 Å². The van der Waals surface area contributed by atoms with Gasteiger partial charge in [0.25, 0.3) is 0 Å². The van der Waals surface area contributed by atoms with E-state index in [-0.39, 0.29) is 0 Å². The number of hydrogen-bond acceptors (Lipinski definition) is 5. The van der Waals surface area contributed by atoms with Gasteiger partial charge in [0, 0.05) is 18.2 Å². The van der Waals surface area contributed by atoms with Gasteiger partial charge in [0.15, 0.2) is 5.82 Å². The molecule has 90 valence electrons. The maximum atomic E-state index is 5.39. The molecule has 0 saturated heterocycles. The highest BCUT2D eigenvalue weighted by Crippen LogP contribution is 2.13. The molecular weight excluding hydrogens is 216 g/mol. The van der Waals surface area contributed by atoms with Crippen LogP contribution in [0.15, 0.2) is 12.1 Å². The van der Waals surface area contributed by atoms with Crippen molar-refractivity contribution in [1.82, 2.24) is 19.7 Å². The van der Waals surface area contributed by atoms with Gasteiger partial charge in [0.1, 0.15) is 11.6 Å². The lowest BCUT2D eigenvalue weighted by Crippen LogP contribution is -2.13. The van der Waals surface area contributed by atoms with Gasteiger partial charge in [0.2, 0.25) is 0 Å². The molecule has 17 heavy (non-hydrogen) atoms. The number of hydrogen-bond donors (Lipinski definition) is 2. The third-order valence-electron chi connectivity index (χ3n) is 2.45. The van der Waals surface area contributed by atoms with E-state index in [1.54, 1.807) is 10.7 Å². The van der Waals surface area contributed by atoms with Crippen LogP contribution in [0.3, 0.4) is 0 Å². The molecule has 0 bridgehead atoms. The van der Waals surface area contributed by atoms with Gasteiger partial charge in [0.05, 0.1) is 5.69 Å². The van der Waals surface area contributed by atoms with Crippen LogP contribution in [-0.2, 0) is 6.42 Å². The second kappa shape index (κ2) is 4.50. The minimum atomic E-state index is 0.597. The summed E-state index contributed by atoms with van der Waals surface area (Å²) in [6.07, 6.45) is 0.752. The Kier molecular flexibility index (Phi) is 3.06. The quantitative estimate of drug-likeness (QED) is 0.612. The van der Waals surface area contributed by atoms with E-state index in [0.717, 1.165) is 29.5 Å². The minimum absolute atomic E-state index is 0.597. The Labute approximate surface area is 99.9 Å². The highest BCUT2D eigenvalue weighted by Gasteiger charge is 2.08. The molecule has 3 N–H and O–H groups in total. The van der Waals surface area contributed by atoms with Crippen LogP contribution in [0, 0.1) is 13.8 Å². The van der Waals surface area contributed by atoms with E-state index >= 15 is 0 Å². The lowest BCUT2D eigenvalue weighted by molar-refractivity contribution is 0.783. The fourth-order valence-corrected chi connectivity index (χ4v) is 1.68. The standard InChI is InChI=1S/C11H16N6/c1-4-9-13-10(15-12)6-11(14-9)17-8(3)5-7(2)16-17/h5-6H,4,12H2,1-3H3,(H,13,14,15). The van der Waals surface area contributed by atoms with Gasteiger partial charge in [-0.3, -0.25) is 0 Å². The average molecular weight is 232 g/mol. The third-order valence-corrected chi connectivity index (χ3v) is 2.45. The Bertz CT molecular complexity index is 509. The predicted molar refractivity (Wildman–Crippen MR) is 65.8 cm³/mol. The minimum Gasteiger partial charge on any atom is -0.308 e. The largest absolute Gasteiger partial charge is 0.308 e. The Morgan fingerprint density at radius 2 is 2.06 bits per heavy atom. The van der Waals surface area contributed by atoms with E-state index in [1.807, 2.05) is 26.8 Å². The van der Waals surface area contributed by atoms with Crippen LogP contribution in [0.4, 0.5) is 5.82 Å². The topological polar surface area (TPSA) is 81.6 Å². The molecular formula is C11H16N6. The van der Waals surface area contributed by atoms with Crippen LogP contribution < -0.4 is 11.3 Å². The molecule has 0 aliphatic rings. The number of nitrogens with two attached hydrogens (primary N) is 1. The molecule has 0 amide bonds. The predicted octanol–water partition coefficient (Wildman–Crippen LogP) is 1.13. The van der Waals surface area contributed by atoms with Crippen molar-refractivity contribution in [2.24, 2.45) is 5.84 Å². The molecule has 6 nitrogen and oxygen atoms in total. The summed E-state index contributed by atoms with van der Waals surface area (Å²) in [7, 11) is 0. The van der Waals surface area contributed by atoms with Crippen molar-refractivity contribution in [2.45, 2.75) is 27.2 Å². The first-order valence-electron chi connectivity index (χ1n) is 5.52. The van der Waals surface area contributed by atoms with Crippen LogP contribution in [0.1, 0.15) is 24.1 Å².